The molecule has 1 N–H and O–H groups in total. The van der Waals surface area contributed by atoms with E-state index in [2.05, 4.69) is 5.32 Å². The number of esters is 1. The quantitative estimate of drug-likeness (QED) is 0.412. The molecule has 0 aliphatic carbocycles. The van der Waals surface area contributed by atoms with Gasteiger partial charge in [0.1, 0.15) is 5.69 Å². The number of nitro groups is 1. The number of ether oxygens (including phenoxy) is 1. The van der Waals surface area contributed by atoms with Crippen LogP contribution >= 0.6 is 0 Å². The van der Waals surface area contributed by atoms with Crippen molar-refractivity contribution < 1.29 is 19.2 Å². The van der Waals surface area contributed by atoms with E-state index < -0.39 is 22.9 Å². The molecule has 0 bridgehead atoms. The molecule has 2 rings (SSSR count). The van der Waals surface area contributed by atoms with Crippen LogP contribution in [0.5, 0.6) is 0 Å². The van der Waals surface area contributed by atoms with Crippen LogP contribution in [0.15, 0.2) is 48.5 Å². The third kappa shape index (κ3) is 5.77. The van der Waals surface area contributed by atoms with Crippen molar-refractivity contribution in [3.8, 4) is 6.07 Å². The van der Waals surface area contributed by atoms with Crippen LogP contribution in [0.3, 0.4) is 0 Å². The molecule has 0 radical (unpaired) electrons. The molecule has 2 aromatic carbocycles. The van der Waals surface area contributed by atoms with Gasteiger partial charge in [0.05, 0.1) is 23.0 Å². The Balaban J connectivity index is 2.14. The summed E-state index contributed by atoms with van der Waals surface area (Å²) in [6.07, 6.45) is -0.933. The zero-order valence-corrected chi connectivity index (χ0v) is 16.0. The van der Waals surface area contributed by atoms with Gasteiger partial charge in [0.15, 0.2) is 6.10 Å². The number of carbonyl (C=O) groups is 2. The molecule has 9 heteroatoms. The fourth-order valence-corrected chi connectivity index (χ4v) is 2.51. The first-order valence-corrected chi connectivity index (χ1v) is 8.77. The average Bonchev–Trinajstić information content (AvgIpc) is 2.72. The monoisotopic (exact) mass is 396 g/mol. The normalized spacial score (nSPS) is 11.1. The lowest BCUT2D eigenvalue weighted by atomic mass is 10.1. The molecule has 1 amide bonds. The fourth-order valence-electron chi connectivity index (χ4n) is 2.51. The predicted molar refractivity (Wildman–Crippen MR) is 106 cm³/mol. The SMILES string of the molecule is C[C@@H](OC(=O)c1ccc(Nc2ccccc2)c([N+](=O)[O-])c1)C(=O)N(C)CCC#N. The summed E-state index contributed by atoms with van der Waals surface area (Å²) in [6, 6.07) is 14.7. The van der Waals surface area contributed by atoms with Gasteiger partial charge in [0.25, 0.3) is 11.6 Å². The maximum Gasteiger partial charge on any atom is 0.339 e. The second-order valence-electron chi connectivity index (χ2n) is 6.20. The number of carbonyl (C=O) groups excluding carboxylic acids is 2. The van der Waals surface area contributed by atoms with Crippen molar-refractivity contribution in [2.75, 3.05) is 18.9 Å². The molecule has 0 saturated heterocycles. The number of amides is 1. The van der Waals surface area contributed by atoms with E-state index in [0.29, 0.717) is 5.69 Å². The van der Waals surface area contributed by atoms with Gasteiger partial charge in [-0.05, 0) is 31.2 Å². The van der Waals surface area contributed by atoms with E-state index in [0.717, 1.165) is 6.07 Å². The number of benzene rings is 2. The topological polar surface area (TPSA) is 126 Å². The lowest BCUT2D eigenvalue weighted by molar-refractivity contribution is -0.383. The highest BCUT2D eigenvalue weighted by Crippen LogP contribution is 2.29. The first kappa shape index (κ1) is 21.4. The molecule has 1 atom stereocenters. The Morgan fingerprint density at radius 2 is 1.97 bits per heavy atom. The van der Waals surface area contributed by atoms with Crippen molar-refractivity contribution in [2.24, 2.45) is 0 Å². The third-order valence-corrected chi connectivity index (χ3v) is 4.05. The molecular formula is C20H20N4O5. The van der Waals surface area contributed by atoms with Crippen molar-refractivity contribution in [1.29, 1.82) is 5.26 Å². The van der Waals surface area contributed by atoms with Crippen LogP contribution in [-0.4, -0.2) is 41.4 Å². The van der Waals surface area contributed by atoms with Crippen LogP contribution in [0, 0.1) is 21.4 Å². The number of nitro benzene ring substituents is 1. The van der Waals surface area contributed by atoms with Gasteiger partial charge in [-0.2, -0.15) is 5.26 Å². The molecule has 0 fully saturated rings. The molecule has 0 saturated carbocycles. The minimum Gasteiger partial charge on any atom is -0.449 e. The van der Waals surface area contributed by atoms with E-state index in [4.69, 9.17) is 10.00 Å². The molecule has 0 unspecified atom stereocenters. The zero-order chi connectivity index (χ0) is 21.4. The van der Waals surface area contributed by atoms with Gasteiger partial charge >= 0.3 is 5.97 Å². The van der Waals surface area contributed by atoms with Crippen LogP contribution in [0.2, 0.25) is 0 Å². The summed E-state index contributed by atoms with van der Waals surface area (Å²) in [4.78, 5) is 36.6. The van der Waals surface area contributed by atoms with E-state index in [-0.39, 0.29) is 29.9 Å². The van der Waals surface area contributed by atoms with Crippen LogP contribution in [-0.2, 0) is 9.53 Å². The van der Waals surface area contributed by atoms with Gasteiger partial charge in [0, 0.05) is 25.3 Å². The Morgan fingerprint density at radius 3 is 2.59 bits per heavy atom. The summed E-state index contributed by atoms with van der Waals surface area (Å²) in [5, 5.41) is 22.9. The Kier molecular flexibility index (Phi) is 7.26. The Labute approximate surface area is 167 Å². The highest BCUT2D eigenvalue weighted by Gasteiger charge is 2.24. The highest BCUT2D eigenvalue weighted by atomic mass is 16.6. The molecule has 0 spiro atoms. The number of rotatable bonds is 8. The molecule has 150 valence electrons. The number of likely N-dealkylation sites (N-methyl/N-ethyl adjacent to an activating group) is 1. The molecule has 0 aromatic heterocycles. The van der Waals surface area contributed by atoms with Crippen molar-refractivity contribution in [1.82, 2.24) is 4.90 Å². The first-order valence-electron chi connectivity index (χ1n) is 8.77. The van der Waals surface area contributed by atoms with Gasteiger partial charge in [0.2, 0.25) is 0 Å². The third-order valence-electron chi connectivity index (χ3n) is 4.05. The van der Waals surface area contributed by atoms with E-state index in [9.17, 15) is 19.7 Å². The van der Waals surface area contributed by atoms with E-state index >= 15 is 0 Å². The molecule has 0 aliphatic heterocycles. The maximum absolute atomic E-state index is 12.4. The number of hydrogen-bond acceptors (Lipinski definition) is 7. The van der Waals surface area contributed by atoms with Gasteiger partial charge in [-0.25, -0.2) is 4.79 Å². The fraction of sp³-hybridized carbons (Fsp3) is 0.250. The van der Waals surface area contributed by atoms with Crippen LogP contribution in [0.1, 0.15) is 23.7 Å². The maximum atomic E-state index is 12.4. The molecule has 29 heavy (non-hydrogen) atoms. The lowest BCUT2D eigenvalue weighted by Gasteiger charge is -2.20. The van der Waals surface area contributed by atoms with Gasteiger partial charge in [-0.3, -0.25) is 14.9 Å². The molecule has 9 nitrogen and oxygen atoms in total. The summed E-state index contributed by atoms with van der Waals surface area (Å²) < 4.78 is 5.14. The lowest BCUT2D eigenvalue weighted by Crippen LogP contribution is -2.37. The summed E-state index contributed by atoms with van der Waals surface area (Å²) in [7, 11) is 1.50. The largest absolute Gasteiger partial charge is 0.449 e. The van der Waals surface area contributed by atoms with E-state index in [1.807, 2.05) is 12.1 Å². The zero-order valence-electron chi connectivity index (χ0n) is 16.0. The van der Waals surface area contributed by atoms with E-state index in [1.54, 1.807) is 24.3 Å². The molecule has 0 heterocycles. The summed E-state index contributed by atoms with van der Waals surface area (Å²) in [5.41, 5.74) is 0.534. The van der Waals surface area contributed by atoms with Gasteiger partial charge < -0.3 is 15.0 Å². The highest BCUT2D eigenvalue weighted by molar-refractivity contribution is 5.94. The van der Waals surface area contributed by atoms with Crippen LogP contribution < -0.4 is 5.32 Å². The minimum absolute atomic E-state index is 0.0466. The summed E-state index contributed by atoms with van der Waals surface area (Å²) in [5.74, 6) is -1.32. The van der Waals surface area contributed by atoms with Crippen molar-refractivity contribution in [3.05, 3.63) is 64.2 Å². The summed E-state index contributed by atoms with van der Waals surface area (Å²) in [6.45, 7) is 1.62. The molecule has 2 aromatic rings. The number of nitriles is 1. The number of nitrogens with zero attached hydrogens (tertiary/aromatic N) is 3. The van der Waals surface area contributed by atoms with Crippen LogP contribution in [0.4, 0.5) is 17.1 Å². The van der Waals surface area contributed by atoms with Gasteiger partial charge in [-0.15, -0.1) is 0 Å². The van der Waals surface area contributed by atoms with Crippen LogP contribution in [0.25, 0.3) is 0 Å². The Bertz CT molecular complexity index is 940. The van der Waals surface area contributed by atoms with Crippen molar-refractivity contribution in [3.63, 3.8) is 0 Å². The summed E-state index contributed by atoms with van der Waals surface area (Å²) >= 11 is 0. The second-order valence-corrected chi connectivity index (χ2v) is 6.20. The van der Waals surface area contributed by atoms with Gasteiger partial charge in [-0.1, -0.05) is 18.2 Å². The second kappa shape index (κ2) is 9.85. The van der Waals surface area contributed by atoms with Crippen molar-refractivity contribution in [2.45, 2.75) is 19.4 Å². The number of para-hydroxylation sites is 1. The molecular weight excluding hydrogens is 376 g/mol. The number of hydrogen-bond donors (Lipinski definition) is 1. The smallest absolute Gasteiger partial charge is 0.339 e. The van der Waals surface area contributed by atoms with E-state index in [1.165, 1.54) is 31.0 Å². The standard InChI is InChI=1S/C20H20N4O5/c1-14(19(25)23(2)12-6-11-21)29-20(26)15-9-10-17(18(13-15)24(27)28)22-16-7-4-3-5-8-16/h3-5,7-10,13-14,22H,6,12H2,1-2H3/t14-/m1/s1. The minimum atomic E-state index is -1.09. The number of nitrogens with one attached hydrogen (secondary N) is 1. The first-order chi connectivity index (χ1) is 13.8. The molecule has 0 aliphatic rings. The van der Waals surface area contributed by atoms with Crippen molar-refractivity contribution >= 4 is 28.9 Å². The Morgan fingerprint density at radius 1 is 1.28 bits per heavy atom. The number of anilines is 2. The predicted octanol–water partition coefficient (Wildman–Crippen LogP) is 3.26. The average molecular weight is 396 g/mol. The Hall–Kier alpha value is -3.93.